The van der Waals surface area contributed by atoms with Crippen LogP contribution in [0.1, 0.15) is 21.7 Å². The standard InChI is InChI=1S/C18H20N6OS/c1-13-12-24-16(17(21-13)23-5-7-26-8-6-23)9-15(22-24)18(25)20-11-14-3-2-4-19-10-14/h2-4,9-10,12H,5-8,11H2,1H3,(H,20,25). The highest BCUT2D eigenvalue weighted by atomic mass is 32.2. The van der Waals surface area contributed by atoms with Gasteiger partial charge in [-0.2, -0.15) is 16.9 Å². The molecule has 4 heterocycles. The van der Waals surface area contributed by atoms with Crippen molar-refractivity contribution in [1.82, 2.24) is 24.9 Å². The number of hydrogen-bond donors (Lipinski definition) is 1. The number of carbonyl (C=O) groups excluding carboxylic acids is 1. The van der Waals surface area contributed by atoms with Crippen LogP contribution in [0, 0.1) is 6.92 Å². The molecule has 0 unspecified atom stereocenters. The number of nitrogens with zero attached hydrogens (tertiary/aromatic N) is 5. The number of thioether (sulfide) groups is 1. The van der Waals surface area contributed by atoms with Crippen molar-refractivity contribution in [3.63, 3.8) is 0 Å². The molecule has 0 radical (unpaired) electrons. The maximum atomic E-state index is 12.5. The molecular formula is C18H20N6OS. The molecule has 8 heteroatoms. The summed E-state index contributed by atoms with van der Waals surface area (Å²) in [7, 11) is 0. The number of amides is 1. The maximum Gasteiger partial charge on any atom is 0.272 e. The first-order valence-electron chi connectivity index (χ1n) is 8.57. The van der Waals surface area contributed by atoms with Crippen LogP contribution in [0.2, 0.25) is 0 Å². The number of anilines is 1. The summed E-state index contributed by atoms with van der Waals surface area (Å²) in [4.78, 5) is 23.6. The summed E-state index contributed by atoms with van der Waals surface area (Å²) in [5, 5.41) is 7.36. The van der Waals surface area contributed by atoms with E-state index in [2.05, 4.69) is 20.3 Å². The molecule has 0 spiro atoms. The number of pyridine rings is 1. The first kappa shape index (κ1) is 16.8. The van der Waals surface area contributed by atoms with Gasteiger partial charge in [0, 0.05) is 49.6 Å². The van der Waals surface area contributed by atoms with Crippen LogP contribution >= 0.6 is 11.8 Å². The van der Waals surface area contributed by atoms with E-state index in [9.17, 15) is 4.79 Å². The smallest absolute Gasteiger partial charge is 0.272 e. The number of nitrogens with one attached hydrogen (secondary N) is 1. The van der Waals surface area contributed by atoms with Gasteiger partial charge in [-0.05, 0) is 18.6 Å². The third kappa shape index (κ3) is 3.50. The van der Waals surface area contributed by atoms with Crippen LogP contribution in [-0.4, -0.2) is 50.1 Å². The van der Waals surface area contributed by atoms with Crippen molar-refractivity contribution >= 4 is 29.0 Å². The average molecular weight is 368 g/mol. The summed E-state index contributed by atoms with van der Waals surface area (Å²) in [6.45, 7) is 4.30. The van der Waals surface area contributed by atoms with E-state index in [1.807, 2.05) is 43.1 Å². The molecule has 3 aromatic rings. The van der Waals surface area contributed by atoms with Gasteiger partial charge in [-0.3, -0.25) is 9.78 Å². The van der Waals surface area contributed by atoms with Crippen molar-refractivity contribution in [3.05, 3.63) is 53.7 Å². The Morgan fingerprint density at radius 1 is 1.35 bits per heavy atom. The number of hydrogen-bond acceptors (Lipinski definition) is 6. The summed E-state index contributed by atoms with van der Waals surface area (Å²) >= 11 is 1.96. The van der Waals surface area contributed by atoms with E-state index in [0.717, 1.165) is 47.2 Å². The third-order valence-electron chi connectivity index (χ3n) is 4.28. The van der Waals surface area contributed by atoms with Crippen molar-refractivity contribution in [2.75, 3.05) is 29.5 Å². The zero-order valence-corrected chi connectivity index (χ0v) is 15.4. The minimum Gasteiger partial charge on any atom is -0.353 e. The summed E-state index contributed by atoms with van der Waals surface area (Å²) in [5.74, 6) is 2.89. The lowest BCUT2D eigenvalue weighted by Crippen LogP contribution is -2.33. The maximum absolute atomic E-state index is 12.5. The Labute approximate surface area is 155 Å². The lowest BCUT2D eigenvalue weighted by molar-refractivity contribution is 0.0945. The Morgan fingerprint density at radius 2 is 2.19 bits per heavy atom. The molecule has 134 valence electrons. The van der Waals surface area contributed by atoms with E-state index in [0.29, 0.717) is 12.2 Å². The lowest BCUT2D eigenvalue weighted by Gasteiger charge is -2.28. The molecule has 0 saturated carbocycles. The topological polar surface area (TPSA) is 75.4 Å². The summed E-state index contributed by atoms with van der Waals surface area (Å²) in [6.07, 6.45) is 5.31. The fraction of sp³-hybridized carbons (Fsp3) is 0.333. The third-order valence-corrected chi connectivity index (χ3v) is 5.22. The molecule has 1 fully saturated rings. The molecule has 1 N–H and O–H groups in total. The molecule has 1 amide bonds. The molecule has 26 heavy (non-hydrogen) atoms. The molecule has 0 bridgehead atoms. The van der Waals surface area contributed by atoms with Gasteiger partial charge in [0.15, 0.2) is 11.5 Å². The van der Waals surface area contributed by atoms with Crippen LogP contribution in [-0.2, 0) is 6.54 Å². The zero-order valence-electron chi connectivity index (χ0n) is 14.6. The van der Waals surface area contributed by atoms with Crippen molar-refractivity contribution in [3.8, 4) is 0 Å². The predicted molar refractivity (Wildman–Crippen MR) is 103 cm³/mol. The quantitative estimate of drug-likeness (QED) is 0.758. The molecule has 3 aromatic heterocycles. The monoisotopic (exact) mass is 368 g/mol. The minimum absolute atomic E-state index is 0.199. The lowest BCUT2D eigenvalue weighted by atomic mass is 10.3. The second-order valence-corrected chi connectivity index (χ2v) is 7.43. The second kappa shape index (κ2) is 7.33. The number of fused-ring (bicyclic) bond motifs is 1. The summed E-state index contributed by atoms with van der Waals surface area (Å²) in [6, 6.07) is 5.60. The minimum atomic E-state index is -0.199. The van der Waals surface area contributed by atoms with E-state index < -0.39 is 0 Å². The van der Waals surface area contributed by atoms with Gasteiger partial charge < -0.3 is 10.2 Å². The van der Waals surface area contributed by atoms with Gasteiger partial charge in [0.2, 0.25) is 0 Å². The first-order chi connectivity index (χ1) is 12.7. The van der Waals surface area contributed by atoms with Gasteiger partial charge in [-0.25, -0.2) is 9.50 Å². The number of aryl methyl sites for hydroxylation is 1. The van der Waals surface area contributed by atoms with E-state index in [1.54, 1.807) is 16.9 Å². The second-order valence-electron chi connectivity index (χ2n) is 6.21. The number of aromatic nitrogens is 4. The highest BCUT2D eigenvalue weighted by molar-refractivity contribution is 7.99. The summed E-state index contributed by atoms with van der Waals surface area (Å²) in [5.41, 5.74) is 3.10. The fourth-order valence-electron chi connectivity index (χ4n) is 2.98. The fourth-order valence-corrected chi connectivity index (χ4v) is 3.89. The van der Waals surface area contributed by atoms with Crippen LogP contribution in [0.3, 0.4) is 0 Å². The van der Waals surface area contributed by atoms with E-state index in [1.165, 1.54) is 0 Å². The van der Waals surface area contributed by atoms with Crippen LogP contribution in [0.15, 0.2) is 36.8 Å². The van der Waals surface area contributed by atoms with Crippen LogP contribution < -0.4 is 10.2 Å². The molecule has 0 atom stereocenters. The van der Waals surface area contributed by atoms with Crippen LogP contribution in [0.4, 0.5) is 5.82 Å². The van der Waals surface area contributed by atoms with Crippen molar-refractivity contribution in [2.24, 2.45) is 0 Å². The van der Waals surface area contributed by atoms with Gasteiger partial charge in [0.25, 0.3) is 5.91 Å². The Balaban J connectivity index is 1.59. The molecule has 1 aliphatic rings. The molecule has 1 aliphatic heterocycles. The van der Waals surface area contributed by atoms with Gasteiger partial charge in [0.05, 0.1) is 11.9 Å². The molecule has 0 aromatic carbocycles. The Morgan fingerprint density at radius 3 is 2.96 bits per heavy atom. The van der Waals surface area contributed by atoms with E-state index in [-0.39, 0.29) is 5.91 Å². The average Bonchev–Trinajstić information content (AvgIpc) is 3.11. The zero-order chi connectivity index (χ0) is 17.9. The largest absolute Gasteiger partial charge is 0.353 e. The Kier molecular flexibility index (Phi) is 4.75. The normalized spacial score (nSPS) is 14.6. The van der Waals surface area contributed by atoms with Gasteiger partial charge in [-0.15, -0.1) is 0 Å². The molecule has 1 saturated heterocycles. The number of rotatable bonds is 4. The summed E-state index contributed by atoms with van der Waals surface area (Å²) < 4.78 is 1.76. The van der Waals surface area contributed by atoms with Crippen molar-refractivity contribution < 1.29 is 4.79 Å². The molecule has 7 nitrogen and oxygen atoms in total. The SMILES string of the molecule is Cc1cn2nc(C(=O)NCc3cccnc3)cc2c(N2CCSCC2)n1. The Bertz CT molecular complexity index is 920. The van der Waals surface area contributed by atoms with Crippen LogP contribution in [0.25, 0.3) is 5.52 Å². The number of carbonyl (C=O) groups is 1. The highest BCUT2D eigenvalue weighted by Crippen LogP contribution is 2.24. The highest BCUT2D eigenvalue weighted by Gasteiger charge is 2.19. The molecular weight excluding hydrogens is 348 g/mol. The van der Waals surface area contributed by atoms with Gasteiger partial charge >= 0.3 is 0 Å². The predicted octanol–water partition coefficient (Wildman–Crippen LogP) is 1.92. The van der Waals surface area contributed by atoms with E-state index in [4.69, 9.17) is 4.98 Å². The van der Waals surface area contributed by atoms with Crippen LogP contribution in [0.5, 0.6) is 0 Å². The molecule has 0 aliphatic carbocycles. The Hall–Kier alpha value is -2.61. The van der Waals surface area contributed by atoms with Crippen molar-refractivity contribution in [1.29, 1.82) is 0 Å². The van der Waals surface area contributed by atoms with Crippen molar-refractivity contribution in [2.45, 2.75) is 13.5 Å². The van der Waals surface area contributed by atoms with Gasteiger partial charge in [0.1, 0.15) is 5.52 Å². The van der Waals surface area contributed by atoms with Gasteiger partial charge in [-0.1, -0.05) is 6.07 Å². The molecule has 4 rings (SSSR count). The van der Waals surface area contributed by atoms with E-state index >= 15 is 0 Å². The first-order valence-corrected chi connectivity index (χ1v) is 9.73.